The van der Waals surface area contributed by atoms with Gasteiger partial charge in [0.25, 0.3) is 0 Å². The van der Waals surface area contributed by atoms with Crippen LogP contribution >= 0.6 is 0 Å². The summed E-state index contributed by atoms with van der Waals surface area (Å²) in [6.07, 6.45) is -0.707. The highest BCUT2D eigenvalue weighted by Gasteiger charge is 2.37. The van der Waals surface area contributed by atoms with Gasteiger partial charge in [0, 0.05) is 43.4 Å². The van der Waals surface area contributed by atoms with Crippen LogP contribution in [-0.4, -0.2) is 38.3 Å². The van der Waals surface area contributed by atoms with Gasteiger partial charge >= 0.3 is 6.18 Å². The van der Waals surface area contributed by atoms with Crippen LogP contribution in [0.4, 0.5) is 18.9 Å². The summed E-state index contributed by atoms with van der Waals surface area (Å²) in [6.45, 7) is 6.01. The Hall–Kier alpha value is -3.10. The number of alkyl halides is 3. The van der Waals surface area contributed by atoms with Crippen LogP contribution < -0.4 is 4.90 Å². The van der Waals surface area contributed by atoms with Gasteiger partial charge in [0.15, 0.2) is 0 Å². The maximum atomic E-state index is 13.3. The number of hydrogen-bond donors (Lipinski definition) is 0. The Labute approximate surface area is 177 Å². The van der Waals surface area contributed by atoms with Gasteiger partial charge in [-0.1, -0.05) is 0 Å². The minimum Gasteiger partial charge on any atom is -0.371 e. The molecule has 1 unspecified atom stereocenters. The van der Waals surface area contributed by atoms with Crippen molar-refractivity contribution in [1.29, 1.82) is 0 Å². The number of aromatic nitrogens is 3. The van der Waals surface area contributed by atoms with Crippen molar-refractivity contribution in [3.63, 3.8) is 0 Å². The van der Waals surface area contributed by atoms with E-state index >= 15 is 0 Å². The largest absolute Gasteiger partial charge is 0.433 e. The molecular formula is C22H22F3N5O. The molecule has 0 aromatic carbocycles. The molecule has 31 heavy (non-hydrogen) atoms. The van der Waals surface area contributed by atoms with Gasteiger partial charge in [-0.25, -0.2) is 4.98 Å². The van der Waals surface area contributed by atoms with Crippen LogP contribution in [0.2, 0.25) is 0 Å². The lowest BCUT2D eigenvalue weighted by molar-refractivity contribution is -0.141. The van der Waals surface area contributed by atoms with Gasteiger partial charge in [0.1, 0.15) is 11.3 Å². The number of hydrogen-bond acceptors (Lipinski definition) is 4. The molecule has 3 aromatic heterocycles. The highest BCUT2D eigenvalue weighted by atomic mass is 19.4. The zero-order chi connectivity index (χ0) is 21.9. The van der Waals surface area contributed by atoms with Crippen molar-refractivity contribution < 1.29 is 18.0 Å². The van der Waals surface area contributed by atoms with Crippen molar-refractivity contribution in [3.8, 4) is 0 Å². The Bertz CT molecular complexity index is 1190. The standard InChI is InChI=1S/C22H22F3N5O/c1-13-7-20-27-14(2)9-30(20)18-12-29(11-17(13)18)21(31)15-4-6-28(10-15)16-3-5-26-19(8-16)22(23,24)25/h3,5,7-9,15H,4,6,10-12H2,1-2H3. The molecule has 0 saturated carbocycles. The molecule has 0 aliphatic carbocycles. The van der Waals surface area contributed by atoms with Crippen LogP contribution in [0.15, 0.2) is 30.6 Å². The molecule has 1 atom stereocenters. The number of carbonyl (C=O) groups is 1. The van der Waals surface area contributed by atoms with E-state index in [1.165, 1.54) is 6.20 Å². The summed E-state index contributed by atoms with van der Waals surface area (Å²) in [6, 6.07) is 4.66. The zero-order valence-electron chi connectivity index (χ0n) is 17.3. The Kier molecular flexibility index (Phi) is 4.46. The summed E-state index contributed by atoms with van der Waals surface area (Å²) >= 11 is 0. The number of fused-ring (bicyclic) bond motifs is 3. The molecule has 1 amide bonds. The van der Waals surface area contributed by atoms with Crippen molar-refractivity contribution in [2.24, 2.45) is 5.92 Å². The number of rotatable bonds is 2. The van der Waals surface area contributed by atoms with E-state index in [4.69, 9.17) is 0 Å². The van der Waals surface area contributed by atoms with Crippen LogP contribution in [-0.2, 0) is 24.1 Å². The molecule has 2 aliphatic heterocycles. The van der Waals surface area contributed by atoms with Crippen LogP contribution in [0.25, 0.3) is 5.65 Å². The van der Waals surface area contributed by atoms with Crippen LogP contribution in [0.5, 0.6) is 0 Å². The van der Waals surface area contributed by atoms with Gasteiger partial charge < -0.3 is 14.2 Å². The molecule has 0 bridgehead atoms. The van der Waals surface area contributed by atoms with Crippen LogP contribution in [0, 0.1) is 19.8 Å². The van der Waals surface area contributed by atoms with Crippen molar-refractivity contribution in [3.05, 3.63) is 58.8 Å². The lowest BCUT2D eigenvalue weighted by Crippen LogP contribution is -2.34. The van der Waals surface area contributed by atoms with Gasteiger partial charge in [0.05, 0.1) is 18.2 Å². The third-order valence-corrected chi connectivity index (χ3v) is 6.25. The van der Waals surface area contributed by atoms with E-state index in [1.54, 1.807) is 6.07 Å². The van der Waals surface area contributed by atoms with Crippen molar-refractivity contribution >= 4 is 17.2 Å². The predicted octanol–water partition coefficient (Wildman–Crippen LogP) is 3.73. The highest BCUT2D eigenvalue weighted by molar-refractivity contribution is 5.81. The average Bonchev–Trinajstić information content (AvgIpc) is 3.44. The van der Waals surface area contributed by atoms with E-state index in [0.717, 1.165) is 34.2 Å². The highest BCUT2D eigenvalue weighted by Crippen LogP contribution is 2.33. The summed E-state index contributed by atoms with van der Waals surface area (Å²) in [5.74, 6) is -0.190. The average molecular weight is 429 g/mol. The summed E-state index contributed by atoms with van der Waals surface area (Å²) in [5, 5.41) is 0. The maximum absolute atomic E-state index is 13.3. The lowest BCUT2D eigenvalue weighted by atomic mass is 10.1. The SMILES string of the molecule is Cc1cn2c3c(c(C)cc2n1)CN(C(=O)C1CCN(c2ccnc(C(F)(F)F)c2)C1)C3. The number of anilines is 1. The first-order valence-corrected chi connectivity index (χ1v) is 10.2. The van der Waals surface area contributed by atoms with E-state index in [0.29, 0.717) is 38.3 Å². The second kappa shape index (κ2) is 6.96. The molecule has 0 spiro atoms. The normalized spacial score (nSPS) is 18.8. The quantitative estimate of drug-likeness (QED) is 0.623. The summed E-state index contributed by atoms with van der Waals surface area (Å²) in [4.78, 5) is 24.9. The fourth-order valence-electron chi connectivity index (χ4n) is 4.68. The summed E-state index contributed by atoms with van der Waals surface area (Å²) in [5.41, 5.74) is 4.71. The molecular weight excluding hydrogens is 407 g/mol. The number of imidazole rings is 1. The van der Waals surface area contributed by atoms with E-state index < -0.39 is 11.9 Å². The molecule has 5 rings (SSSR count). The predicted molar refractivity (Wildman–Crippen MR) is 108 cm³/mol. The first-order valence-electron chi connectivity index (χ1n) is 10.2. The molecule has 9 heteroatoms. The van der Waals surface area contributed by atoms with E-state index in [9.17, 15) is 18.0 Å². The van der Waals surface area contributed by atoms with Crippen LogP contribution in [0.1, 0.15) is 34.6 Å². The van der Waals surface area contributed by atoms with Crippen molar-refractivity contribution in [2.75, 3.05) is 18.0 Å². The Morgan fingerprint density at radius 3 is 2.77 bits per heavy atom. The van der Waals surface area contributed by atoms with Gasteiger partial charge in [-0.2, -0.15) is 13.2 Å². The second-order valence-corrected chi connectivity index (χ2v) is 8.39. The monoisotopic (exact) mass is 429 g/mol. The molecule has 1 saturated heterocycles. The number of pyridine rings is 2. The Morgan fingerprint density at radius 1 is 1.19 bits per heavy atom. The molecule has 3 aromatic rings. The lowest BCUT2D eigenvalue weighted by Gasteiger charge is -2.22. The number of nitrogens with zero attached hydrogens (tertiary/aromatic N) is 5. The van der Waals surface area contributed by atoms with Crippen molar-refractivity contribution in [2.45, 2.75) is 39.5 Å². The molecule has 0 radical (unpaired) electrons. The topological polar surface area (TPSA) is 53.7 Å². The fraction of sp³-hybridized carbons (Fsp3) is 0.409. The van der Waals surface area contributed by atoms with Gasteiger partial charge in [-0.3, -0.25) is 9.78 Å². The van der Waals surface area contributed by atoms with Gasteiger partial charge in [0.2, 0.25) is 5.91 Å². The zero-order valence-corrected chi connectivity index (χ0v) is 17.3. The van der Waals surface area contributed by atoms with E-state index in [1.807, 2.05) is 35.9 Å². The Balaban J connectivity index is 1.33. The number of halogens is 3. The third-order valence-electron chi connectivity index (χ3n) is 6.25. The minimum absolute atomic E-state index is 0.0492. The summed E-state index contributed by atoms with van der Waals surface area (Å²) in [7, 11) is 0. The molecule has 162 valence electrons. The molecule has 2 aliphatic rings. The molecule has 6 nitrogen and oxygen atoms in total. The molecule has 1 fully saturated rings. The number of aryl methyl sites for hydroxylation is 2. The van der Waals surface area contributed by atoms with Gasteiger partial charge in [-0.15, -0.1) is 0 Å². The number of amides is 1. The molecule has 5 heterocycles. The number of carbonyl (C=O) groups excluding carboxylic acids is 1. The minimum atomic E-state index is -4.48. The van der Waals surface area contributed by atoms with Crippen LogP contribution in [0.3, 0.4) is 0 Å². The van der Waals surface area contributed by atoms with E-state index in [2.05, 4.69) is 14.4 Å². The fourth-order valence-corrected chi connectivity index (χ4v) is 4.68. The van der Waals surface area contributed by atoms with E-state index in [-0.39, 0.29) is 11.8 Å². The Morgan fingerprint density at radius 2 is 2.00 bits per heavy atom. The van der Waals surface area contributed by atoms with Crippen molar-refractivity contribution in [1.82, 2.24) is 19.3 Å². The van der Waals surface area contributed by atoms with Gasteiger partial charge in [-0.05, 0) is 49.6 Å². The second-order valence-electron chi connectivity index (χ2n) is 8.39. The smallest absolute Gasteiger partial charge is 0.371 e. The maximum Gasteiger partial charge on any atom is 0.433 e. The summed E-state index contributed by atoms with van der Waals surface area (Å²) < 4.78 is 41.0. The first kappa shape index (κ1) is 19.8. The first-order chi connectivity index (χ1) is 14.7. The third kappa shape index (κ3) is 3.41. The molecule has 0 N–H and O–H groups in total.